The maximum Gasteiger partial charge on any atom is 0.199 e. The Kier molecular flexibility index (Phi) is 5.18. The van der Waals surface area contributed by atoms with Crippen molar-refractivity contribution < 1.29 is 0 Å². The first-order chi connectivity index (χ1) is 13.8. The van der Waals surface area contributed by atoms with Crippen molar-refractivity contribution in [2.45, 2.75) is 44.8 Å². The first-order valence-corrected chi connectivity index (χ1v) is 11.6. The van der Waals surface area contributed by atoms with Gasteiger partial charge in [0.15, 0.2) is 10.6 Å². The van der Waals surface area contributed by atoms with E-state index in [0.717, 1.165) is 36.3 Å². The van der Waals surface area contributed by atoms with Crippen LogP contribution in [-0.2, 0) is 13.1 Å². The Morgan fingerprint density at radius 2 is 1.79 bits per heavy atom. The Labute approximate surface area is 175 Å². The maximum atomic E-state index is 5.82. The molecule has 0 unspecified atom stereocenters. The number of likely N-dealkylation sites (tertiary alicyclic amines) is 1. The zero-order valence-corrected chi connectivity index (χ0v) is 17.7. The molecule has 0 N–H and O–H groups in total. The average molecular weight is 411 g/mol. The molecule has 5 rings (SSSR count). The number of hydrogen-bond acceptors (Lipinski definition) is 4. The molecule has 2 aliphatic rings. The first-order valence-electron chi connectivity index (χ1n) is 10.3. The van der Waals surface area contributed by atoms with Gasteiger partial charge in [-0.3, -0.25) is 9.47 Å². The van der Waals surface area contributed by atoms with E-state index in [2.05, 4.69) is 62.0 Å². The second-order valence-electron chi connectivity index (χ2n) is 8.08. The van der Waals surface area contributed by atoms with Gasteiger partial charge in [-0.2, -0.15) is 0 Å². The number of rotatable bonds is 6. The van der Waals surface area contributed by atoms with Crippen LogP contribution in [0, 0.1) is 10.7 Å². The number of hydrogen-bond donors (Lipinski definition) is 0. The minimum absolute atomic E-state index is 0.551. The van der Waals surface area contributed by atoms with E-state index in [9.17, 15) is 0 Å². The third kappa shape index (κ3) is 3.86. The van der Waals surface area contributed by atoms with Crippen LogP contribution in [0.1, 0.15) is 37.3 Å². The van der Waals surface area contributed by atoms with E-state index in [1.807, 2.05) is 0 Å². The van der Waals surface area contributed by atoms with Crippen molar-refractivity contribution in [1.82, 2.24) is 19.2 Å². The second-order valence-corrected chi connectivity index (χ2v) is 9.39. The van der Waals surface area contributed by atoms with Crippen LogP contribution >= 0.6 is 23.6 Å². The highest BCUT2D eigenvalue weighted by molar-refractivity contribution is 7.71. The molecule has 146 valence electrons. The van der Waals surface area contributed by atoms with Gasteiger partial charge >= 0.3 is 0 Å². The van der Waals surface area contributed by atoms with Crippen molar-refractivity contribution in [2.24, 2.45) is 5.92 Å². The minimum Gasteiger partial charge on any atom is -0.296 e. The summed E-state index contributed by atoms with van der Waals surface area (Å²) >= 11 is 7.57. The lowest BCUT2D eigenvalue weighted by molar-refractivity contribution is 0.140. The van der Waals surface area contributed by atoms with Crippen molar-refractivity contribution in [3.05, 3.63) is 58.2 Å². The van der Waals surface area contributed by atoms with E-state index in [0.29, 0.717) is 6.04 Å². The van der Waals surface area contributed by atoms with Crippen LogP contribution in [0.25, 0.3) is 10.7 Å². The molecule has 4 nitrogen and oxygen atoms in total. The van der Waals surface area contributed by atoms with Crippen LogP contribution in [0.5, 0.6) is 0 Å². The molecule has 1 aliphatic heterocycles. The predicted octanol–water partition coefficient (Wildman–Crippen LogP) is 5.39. The molecule has 0 amide bonds. The highest BCUT2D eigenvalue weighted by Gasteiger charge is 2.30. The fourth-order valence-electron chi connectivity index (χ4n) is 4.22. The van der Waals surface area contributed by atoms with Crippen molar-refractivity contribution in [3.8, 4) is 10.7 Å². The number of nitrogens with zero attached hydrogens (tertiary/aromatic N) is 4. The van der Waals surface area contributed by atoms with Gasteiger partial charge in [0, 0.05) is 19.1 Å². The third-order valence-electron chi connectivity index (χ3n) is 5.93. The molecule has 1 aromatic carbocycles. The summed E-state index contributed by atoms with van der Waals surface area (Å²) < 4.78 is 5.24. The van der Waals surface area contributed by atoms with Gasteiger partial charge in [-0.1, -0.05) is 36.4 Å². The molecule has 3 aromatic rings. The second kappa shape index (κ2) is 7.93. The van der Waals surface area contributed by atoms with E-state index < -0.39 is 0 Å². The lowest BCUT2D eigenvalue weighted by atomic mass is 9.90. The molecular weight excluding hydrogens is 384 g/mol. The normalized spacial score (nSPS) is 18.6. The van der Waals surface area contributed by atoms with E-state index in [1.165, 1.54) is 42.5 Å². The molecule has 0 radical (unpaired) electrons. The molecule has 0 bridgehead atoms. The fraction of sp³-hybridized carbons (Fsp3) is 0.455. The Morgan fingerprint density at radius 3 is 2.46 bits per heavy atom. The van der Waals surface area contributed by atoms with Gasteiger partial charge in [0.1, 0.15) is 0 Å². The predicted molar refractivity (Wildman–Crippen MR) is 117 cm³/mol. The molecule has 28 heavy (non-hydrogen) atoms. The summed E-state index contributed by atoms with van der Waals surface area (Å²) in [5.41, 5.74) is 1.46. The summed E-state index contributed by atoms with van der Waals surface area (Å²) in [6, 6.07) is 15.7. The molecule has 1 saturated carbocycles. The van der Waals surface area contributed by atoms with Crippen molar-refractivity contribution in [1.29, 1.82) is 0 Å². The van der Waals surface area contributed by atoms with Crippen LogP contribution in [0.2, 0.25) is 0 Å². The smallest absolute Gasteiger partial charge is 0.199 e. The third-order valence-corrected chi connectivity index (χ3v) is 7.21. The SMILES string of the molecule is S=c1n(CN2CCC(Cc3ccccc3)CC2)nc(-c2cccs2)n1C1CC1. The highest BCUT2D eigenvalue weighted by atomic mass is 32.1. The Hall–Kier alpha value is -1.76. The van der Waals surface area contributed by atoms with E-state index in [-0.39, 0.29) is 0 Å². The van der Waals surface area contributed by atoms with Crippen LogP contribution in [-0.4, -0.2) is 32.3 Å². The summed E-state index contributed by atoms with van der Waals surface area (Å²) in [6.07, 6.45) is 6.16. The molecule has 2 aromatic heterocycles. The van der Waals surface area contributed by atoms with Crippen LogP contribution in [0.3, 0.4) is 0 Å². The summed E-state index contributed by atoms with van der Waals surface area (Å²) in [6.45, 7) is 3.07. The Morgan fingerprint density at radius 1 is 1.00 bits per heavy atom. The van der Waals surface area contributed by atoms with Gasteiger partial charge in [0.2, 0.25) is 0 Å². The number of benzene rings is 1. The highest BCUT2D eigenvalue weighted by Crippen LogP contribution is 2.39. The molecule has 6 heteroatoms. The van der Waals surface area contributed by atoms with Crippen LogP contribution < -0.4 is 0 Å². The molecular formula is C22H26N4S2. The van der Waals surface area contributed by atoms with Gasteiger partial charge in [0.05, 0.1) is 11.5 Å². The lowest BCUT2D eigenvalue weighted by Crippen LogP contribution is -2.36. The van der Waals surface area contributed by atoms with Crippen molar-refractivity contribution in [2.75, 3.05) is 13.1 Å². The molecule has 0 spiro atoms. The molecule has 1 aliphatic carbocycles. The number of piperidine rings is 1. The largest absolute Gasteiger partial charge is 0.296 e. The molecule has 2 fully saturated rings. The van der Waals surface area contributed by atoms with E-state index in [4.69, 9.17) is 17.3 Å². The maximum absolute atomic E-state index is 5.82. The molecule has 1 saturated heterocycles. The zero-order chi connectivity index (χ0) is 18.9. The average Bonchev–Trinajstić information content (AvgIpc) is 3.30. The lowest BCUT2D eigenvalue weighted by Gasteiger charge is -2.31. The topological polar surface area (TPSA) is 26.0 Å². The van der Waals surface area contributed by atoms with Crippen molar-refractivity contribution in [3.63, 3.8) is 0 Å². The van der Waals surface area contributed by atoms with Gasteiger partial charge in [-0.05, 0) is 67.2 Å². The van der Waals surface area contributed by atoms with E-state index >= 15 is 0 Å². The quantitative estimate of drug-likeness (QED) is 0.510. The summed E-state index contributed by atoms with van der Waals surface area (Å²) in [7, 11) is 0. The van der Waals surface area contributed by atoms with E-state index in [1.54, 1.807) is 11.3 Å². The van der Waals surface area contributed by atoms with Crippen molar-refractivity contribution >= 4 is 23.6 Å². The Bertz CT molecular complexity index is 962. The van der Waals surface area contributed by atoms with Crippen LogP contribution in [0.15, 0.2) is 47.8 Å². The first kappa shape index (κ1) is 18.3. The summed E-state index contributed by atoms with van der Waals surface area (Å²) in [5.74, 6) is 1.85. The summed E-state index contributed by atoms with van der Waals surface area (Å²) in [4.78, 5) is 3.73. The number of thiophene rings is 1. The van der Waals surface area contributed by atoms with Gasteiger partial charge in [-0.25, -0.2) is 4.68 Å². The fourth-order valence-corrected chi connectivity index (χ4v) is 5.26. The summed E-state index contributed by atoms with van der Waals surface area (Å²) in [5, 5.41) is 7.06. The Balaban J connectivity index is 1.26. The van der Waals surface area contributed by atoms with Crippen LogP contribution in [0.4, 0.5) is 0 Å². The standard InChI is InChI=1S/C22H26N4S2/c27-22-25(23-21(20-7-4-14-28-20)26(22)19-8-9-19)16-24-12-10-18(11-13-24)15-17-5-2-1-3-6-17/h1-7,14,18-19H,8-13,15-16H2. The molecule has 3 heterocycles. The minimum atomic E-state index is 0.551. The molecule has 0 atom stereocenters. The van der Waals surface area contributed by atoms with Gasteiger partial charge in [-0.15, -0.1) is 16.4 Å². The monoisotopic (exact) mass is 410 g/mol. The number of aromatic nitrogens is 3. The van der Waals surface area contributed by atoms with Gasteiger partial charge < -0.3 is 0 Å². The zero-order valence-electron chi connectivity index (χ0n) is 16.0. The van der Waals surface area contributed by atoms with Gasteiger partial charge in [0.25, 0.3) is 0 Å².